The third-order valence-electron chi connectivity index (χ3n) is 2.40. The normalized spacial score (nSPS) is 12.7. The number of hydrogen-bond donors (Lipinski definition) is 2. The van der Waals surface area contributed by atoms with Crippen molar-refractivity contribution >= 4 is 27.3 Å². The molecule has 3 N–H and O–H groups in total. The Kier molecular flexibility index (Phi) is 5.19. The lowest BCUT2D eigenvalue weighted by atomic mass is 10.3. The molecule has 0 saturated heterocycles. The Morgan fingerprint density at radius 1 is 1.50 bits per heavy atom. The van der Waals surface area contributed by atoms with Crippen molar-refractivity contribution in [3.05, 3.63) is 16.3 Å². The molecule has 0 aliphatic rings. The highest BCUT2D eigenvalue weighted by Gasteiger charge is 2.30. The van der Waals surface area contributed by atoms with Crippen LogP contribution in [0.5, 0.6) is 0 Å². The average molecular weight is 327 g/mol. The Bertz CT molecular complexity index is 584. The van der Waals surface area contributed by atoms with Crippen LogP contribution in [-0.2, 0) is 10.0 Å². The number of thiophene rings is 1. The Morgan fingerprint density at radius 2 is 2.10 bits per heavy atom. The van der Waals surface area contributed by atoms with Gasteiger partial charge in [-0.15, -0.1) is 11.3 Å². The Hall–Kier alpha value is -1.10. The van der Waals surface area contributed by atoms with Crippen molar-refractivity contribution in [1.29, 1.82) is 0 Å². The second kappa shape index (κ2) is 6.12. The third kappa shape index (κ3) is 3.72. The van der Waals surface area contributed by atoms with Crippen molar-refractivity contribution in [3.63, 3.8) is 0 Å². The lowest BCUT2D eigenvalue weighted by Crippen LogP contribution is -2.41. The molecule has 0 aliphatic carbocycles. The van der Waals surface area contributed by atoms with Gasteiger partial charge in [0.15, 0.2) is 0 Å². The summed E-state index contributed by atoms with van der Waals surface area (Å²) >= 11 is 0.866. The fraction of sp³-hybridized carbons (Fsp3) is 0.500. The van der Waals surface area contributed by atoms with Crippen LogP contribution in [0.3, 0.4) is 0 Å². The maximum Gasteiger partial charge on any atom is 0.277 e. The molecule has 20 heavy (non-hydrogen) atoms. The number of nitrogens with zero attached hydrogens (tertiary/aromatic N) is 1. The molecule has 0 aliphatic heterocycles. The van der Waals surface area contributed by atoms with Crippen LogP contribution in [-0.4, -0.2) is 51.7 Å². The third-order valence-corrected chi connectivity index (χ3v) is 5.30. The van der Waals surface area contributed by atoms with E-state index in [9.17, 15) is 22.0 Å². The molecule has 1 amide bonds. The first kappa shape index (κ1) is 17.0. The van der Waals surface area contributed by atoms with Crippen molar-refractivity contribution in [2.75, 3.05) is 27.2 Å². The van der Waals surface area contributed by atoms with Crippen molar-refractivity contribution in [2.45, 2.75) is 10.8 Å². The van der Waals surface area contributed by atoms with Gasteiger partial charge in [0.2, 0.25) is 10.0 Å². The van der Waals surface area contributed by atoms with Crippen molar-refractivity contribution < 1.29 is 22.0 Å². The maximum atomic E-state index is 13.0. The highest BCUT2D eigenvalue weighted by molar-refractivity contribution is 7.89. The van der Waals surface area contributed by atoms with Gasteiger partial charge in [-0.05, 0) is 11.4 Å². The molecule has 1 aromatic rings. The van der Waals surface area contributed by atoms with Crippen molar-refractivity contribution in [3.8, 4) is 0 Å². The number of carbonyl (C=O) groups is 1. The average Bonchev–Trinajstić information content (AvgIpc) is 2.85. The molecule has 1 aromatic heterocycles. The molecule has 0 radical (unpaired) electrons. The van der Waals surface area contributed by atoms with Crippen molar-refractivity contribution in [2.24, 2.45) is 5.73 Å². The Morgan fingerprint density at radius 3 is 2.60 bits per heavy atom. The minimum Gasteiger partial charge on any atom is -0.345 e. The van der Waals surface area contributed by atoms with Crippen LogP contribution >= 0.6 is 11.3 Å². The molecule has 114 valence electrons. The van der Waals surface area contributed by atoms with Crippen molar-refractivity contribution in [1.82, 2.24) is 9.62 Å². The molecular formula is C10H15F2N3O3S2. The monoisotopic (exact) mass is 327 g/mol. The van der Waals surface area contributed by atoms with E-state index in [1.54, 1.807) is 0 Å². The maximum absolute atomic E-state index is 13.0. The van der Waals surface area contributed by atoms with Crippen LogP contribution < -0.4 is 11.1 Å². The molecule has 0 aromatic carbocycles. The van der Waals surface area contributed by atoms with Gasteiger partial charge in [0, 0.05) is 14.1 Å². The highest BCUT2D eigenvalue weighted by Crippen LogP contribution is 2.24. The summed E-state index contributed by atoms with van der Waals surface area (Å²) in [6, 6.07) is 1.26. The van der Waals surface area contributed by atoms with Gasteiger partial charge in [0.1, 0.15) is 9.77 Å². The summed E-state index contributed by atoms with van der Waals surface area (Å²) in [5.74, 6) is -4.10. The molecular weight excluding hydrogens is 312 g/mol. The van der Waals surface area contributed by atoms with E-state index >= 15 is 0 Å². The number of amides is 1. The number of rotatable bonds is 6. The summed E-state index contributed by atoms with van der Waals surface area (Å²) < 4.78 is 50.8. The number of nitrogens with one attached hydrogen (secondary N) is 1. The van der Waals surface area contributed by atoms with Gasteiger partial charge in [-0.2, -0.15) is 0 Å². The van der Waals surface area contributed by atoms with E-state index in [-0.39, 0.29) is 9.77 Å². The van der Waals surface area contributed by atoms with E-state index in [0.717, 1.165) is 15.6 Å². The Balaban J connectivity index is 2.95. The molecule has 0 unspecified atom stereocenters. The predicted octanol–water partition coefficient (Wildman–Crippen LogP) is 0.322. The van der Waals surface area contributed by atoms with Crippen LogP contribution in [0.4, 0.5) is 8.78 Å². The molecule has 0 bridgehead atoms. The number of halogens is 2. The topological polar surface area (TPSA) is 92.5 Å². The van der Waals surface area contributed by atoms with Crippen LogP contribution in [0.15, 0.2) is 16.3 Å². The predicted molar refractivity (Wildman–Crippen MR) is 71.5 cm³/mol. The SMILES string of the molecule is CN(C)S(=O)(=O)c1ccsc1C(=O)NCC(F)(F)CN. The molecule has 1 rings (SSSR count). The number of hydrogen-bond acceptors (Lipinski definition) is 5. The summed E-state index contributed by atoms with van der Waals surface area (Å²) in [5, 5.41) is 3.40. The summed E-state index contributed by atoms with van der Waals surface area (Å²) in [6.07, 6.45) is 0. The van der Waals surface area contributed by atoms with Gasteiger partial charge in [-0.3, -0.25) is 4.79 Å². The summed E-state index contributed by atoms with van der Waals surface area (Å²) in [7, 11) is -1.16. The number of carbonyl (C=O) groups excluding carboxylic acids is 1. The second-order valence-electron chi connectivity index (χ2n) is 4.14. The Labute approximate surface area is 119 Å². The molecule has 10 heteroatoms. The van der Waals surface area contributed by atoms with Gasteiger partial charge in [-0.1, -0.05) is 0 Å². The van der Waals surface area contributed by atoms with E-state index in [4.69, 9.17) is 5.73 Å². The molecule has 6 nitrogen and oxygen atoms in total. The molecule has 0 fully saturated rings. The minimum atomic E-state index is -3.80. The van der Waals surface area contributed by atoms with Crippen LogP contribution in [0.25, 0.3) is 0 Å². The van der Waals surface area contributed by atoms with Crippen LogP contribution in [0.2, 0.25) is 0 Å². The molecule has 0 atom stereocenters. The quantitative estimate of drug-likeness (QED) is 0.787. The zero-order chi connectivity index (χ0) is 15.6. The second-order valence-corrected chi connectivity index (χ2v) is 7.18. The van der Waals surface area contributed by atoms with Gasteiger partial charge in [-0.25, -0.2) is 21.5 Å². The van der Waals surface area contributed by atoms with E-state index in [2.05, 4.69) is 0 Å². The van der Waals surface area contributed by atoms with E-state index in [1.165, 1.54) is 25.5 Å². The first-order chi connectivity index (χ1) is 9.12. The molecule has 0 saturated carbocycles. The number of nitrogens with two attached hydrogens (primary N) is 1. The largest absolute Gasteiger partial charge is 0.345 e. The van der Waals surface area contributed by atoms with Gasteiger partial charge in [0.05, 0.1) is 13.1 Å². The molecule has 1 heterocycles. The van der Waals surface area contributed by atoms with Gasteiger partial charge < -0.3 is 11.1 Å². The lowest BCUT2D eigenvalue weighted by Gasteiger charge is -2.15. The van der Waals surface area contributed by atoms with E-state index in [1.807, 2.05) is 5.32 Å². The lowest BCUT2D eigenvalue weighted by molar-refractivity contribution is 0.0119. The number of alkyl halides is 2. The van der Waals surface area contributed by atoms with Gasteiger partial charge in [0.25, 0.3) is 11.8 Å². The summed E-state index contributed by atoms with van der Waals surface area (Å²) in [4.78, 5) is 11.5. The van der Waals surface area contributed by atoms with Crippen LogP contribution in [0.1, 0.15) is 9.67 Å². The van der Waals surface area contributed by atoms with Crippen LogP contribution in [0, 0.1) is 0 Å². The first-order valence-electron chi connectivity index (χ1n) is 5.48. The standard InChI is InChI=1S/C10H15F2N3O3S2/c1-15(2)20(17,18)7-3-4-19-8(7)9(16)14-6-10(11,12)5-13/h3-4H,5-6,13H2,1-2H3,(H,14,16). The fourth-order valence-electron chi connectivity index (χ4n) is 1.22. The highest BCUT2D eigenvalue weighted by atomic mass is 32.2. The summed E-state index contributed by atoms with van der Waals surface area (Å²) in [6.45, 7) is -1.84. The molecule has 0 spiro atoms. The van der Waals surface area contributed by atoms with E-state index in [0.29, 0.717) is 0 Å². The summed E-state index contributed by atoms with van der Waals surface area (Å²) in [5.41, 5.74) is 4.85. The smallest absolute Gasteiger partial charge is 0.277 e. The first-order valence-corrected chi connectivity index (χ1v) is 7.80. The minimum absolute atomic E-state index is 0.133. The zero-order valence-corrected chi connectivity index (χ0v) is 12.5. The van der Waals surface area contributed by atoms with E-state index < -0.39 is 34.9 Å². The van der Waals surface area contributed by atoms with Gasteiger partial charge >= 0.3 is 0 Å². The zero-order valence-electron chi connectivity index (χ0n) is 10.9. The number of sulfonamides is 1. The fourth-order valence-corrected chi connectivity index (χ4v) is 3.44.